The number of nitrogens with one attached hydrogen (secondary N) is 1. The first kappa shape index (κ1) is 13.8. The predicted octanol–water partition coefficient (Wildman–Crippen LogP) is 2.67. The SMILES string of the molecule is CNC(c1ccc(C)c(F)c1F)C1CSCCO1. The lowest BCUT2D eigenvalue weighted by Gasteiger charge is -2.30. The number of likely N-dealkylation sites (N-methyl/N-ethyl adjacent to an activating group) is 1. The summed E-state index contributed by atoms with van der Waals surface area (Å²) in [6.45, 7) is 2.22. The molecule has 100 valence electrons. The van der Waals surface area contributed by atoms with Crippen LogP contribution in [0.25, 0.3) is 0 Å². The van der Waals surface area contributed by atoms with E-state index in [0.717, 1.165) is 11.5 Å². The third kappa shape index (κ3) is 2.68. The molecule has 1 aromatic carbocycles. The van der Waals surface area contributed by atoms with E-state index in [2.05, 4.69) is 5.32 Å². The molecule has 1 aromatic rings. The van der Waals surface area contributed by atoms with E-state index in [1.54, 1.807) is 37.9 Å². The maximum Gasteiger partial charge on any atom is 0.163 e. The molecule has 2 rings (SSSR count). The minimum Gasteiger partial charge on any atom is -0.375 e. The zero-order valence-electron chi connectivity index (χ0n) is 10.5. The third-order valence-corrected chi connectivity index (χ3v) is 4.18. The molecule has 1 N–H and O–H groups in total. The van der Waals surface area contributed by atoms with Crippen LogP contribution in [0.15, 0.2) is 12.1 Å². The van der Waals surface area contributed by atoms with Crippen LogP contribution in [0.1, 0.15) is 17.2 Å². The molecule has 2 atom stereocenters. The topological polar surface area (TPSA) is 21.3 Å². The lowest BCUT2D eigenvalue weighted by Crippen LogP contribution is -2.37. The fourth-order valence-electron chi connectivity index (χ4n) is 2.14. The zero-order valence-corrected chi connectivity index (χ0v) is 11.3. The van der Waals surface area contributed by atoms with Gasteiger partial charge in [0.05, 0.1) is 18.8 Å². The van der Waals surface area contributed by atoms with Gasteiger partial charge in [-0.15, -0.1) is 0 Å². The van der Waals surface area contributed by atoms with Crippen molar-refractivity contribution in [3.8, 4) is 0 Å². The van der Waals surface area contributed by atoms with Gasteiger partial charge in [0.1, 0.15) is 0 Å². The van der Waals surface area contributed by atoms with Gasteiger partial charge >= 0.3 is 0 Å². The molecule has 1 heterocycles. The number of aryl methyl sites for hydroxylation is 1. The van der Waals surface area contributed by atoms with Crippen LogP contribution in [0, 0.1) is 18.6 Å². The Hall–Kier alpha value is -0.650. The molecule has 0 radical (unpaired) electrons. The second-order valence-electron chi connectivity index (χ2n) is 4.35. The summed E-state index contributed by atoms with van der Waals surface area (Å²) < 4.78 is 33.2. The number of halogens is 2. The lowest BCUT2D eigenvalue weighted by molar-refractivity contribution is 0.0477. The molecule has 0 amide bonds. The van der Waals surface area contributed by atoms with Crippen molar-refractivity contribution in [2.24, 2.45) is 0 Å². The summed E-state index contributed by atoms with van der Waals surface area (Å²) >= 11 is 1.77. The number of hydrogen-bond donors (Lipinski definition) is 1. The highest BCUT2D eigenvalue weighted by Gasteiger charge is 2.28. The van der Waals surface area contributed by atoms with Crippen molar-refractivity contribution in [1.29, 1.82) is 0 Å². The molecule has 5 heteroatoms. The highest BCUT2D eigenvalue weighted by atomic mass is 32.2. The first-order valence-electron chi connectivity index (χ1n) is 5.96. The van der Waals surface area contributed by atoms with E-state index < -0.39 is 11.6 Å². The first-order chi connectivity index (χ1) is 8.65. The van der Waals surface area contributed by atoms with E-state index >= 15 is 0 Å². The van der Waals surface area contributed by atoms with E-state index in [1.165, 1.54) is 0 Å². The Morgan fingerprint density at radius 3 is 2.78 bits per heavy atom. The molecular weight excluding hydrogens is 256 g/mol. The maximum atomic E-state index is 14.0. The van der Waals surface area contributed by atoms with Crippen molar-refractivity contribution in [3.05, 3.63) is 34.9 Å². The Labute approximate surface area is 110 Å². The number of ether oxygens (including phenoxy) is 1. The molecule has 0 spiro atoms. The van der Waals surface area contributed by atoms with Crippen LogP contribution in [0.2, 0.25) is 0 Å². The molecule has 0 bridgehead atoms. The lowest BCUT2D eigenvalue weighted by atomic mass is 9.99. The number of thioether (sulfide) groups is 1. The van der Waals surface area contributed by atoms with E-state index in [9.17, 15) is 8.78 Å². The summed E-state index contributed by atoms with van der Waals surface area (Å²) in [6.07, 6.45) is -0.120. The van der Waals surface area contributed by atoms with Crippen LogP contribution in [-0.4, -0.2) is 31.3 Å². The monoisotopic (exact) mass is 273 g/mol. The molecule has 1 aliphatic rings. The second-order valence-corrected chi connectivity index (χ2v) is 5.50. The molecule has 2 nitrogen and oxygen atoms in total. The Bertz CT molecular complexity index is 422. The second kappa shape index (κ2) is 5.99. The highest BCUT2D eigenvalue weighted by Crippen LogP contribution is 2.28. The van der Waals surface area contributed by atoms with E-state index in [1.807, 2.05) is 0 Å². The van der Waals surface area contributed by atoms with Crippen molar-refractivity contribution >= 4 is 11.8 Å². The van der Waals surface area contributed by atoms with Crippen LogP contribution >= 0.6 is 11.8 Å². The van der Waals surface area contributed by atoms with Crippen molar-refractivity contribution < 1.29 is 13.5 Å². The van der Waals surface area contributed by atoms with Gasteiger partial charge in [-0.25, -0.2) is 8.78 Å². The summed E-state index contributed by atoms with van der Waals surface area (Å²) in [4.78, 5) is 0. The quantitative estimate of drug-likeness (QED) is 0.915. The van der Waals surface area contributed by atoms with Crippen molar-refractivity contribution in [2.75, 3.05) is 25.2 Å². The summed E-state index contributed by atoms with van der Waals surface area (Å²) in [5.74, 6) is 0.211. The van der Waals surface area contributed by atoms with Gasteiger partial charge in [-0.3, -0.25) is 0 Å². The molecule has 1 fully saturated rings. The normalized spacial score (nSPS) is 21.9. The molecule has 1 aliphatic heterocycles. The van der Waals surface area contributed by atoms with Crippen LogP contribution in [0.3, 0.4) is 0 Å². The minimum absolute atomic E-state index is 0.120. The third-order valence-electron chi connectivity index (χ3n) is 3.16. The van der Waals surface area contributed by atoms with E-state index in [0.29, 0.717) is 17.7 Å². The molecule has 2 unspecified atom stereocenters. The average molecular weight is 273 g/mol. The number of benzene rings is 1. The van der Waals surface area contributed by atoms with Gasteiger partial charge < -0.3 is 10.1 Å². The molecule has 18 heavy (non-hydrogen) atoms. The Kier molecular flexibility index (Phi) is 4.59. The van der Waals surface area contributed by atoms with E-state index in [-0.39, 0.29) is 12.1 Å². The largest absolute Gasteiger partial charge is 0.375 e. The minimum atomic E-state index is -0.770. The van der Waals surface area contributed by atoms with Gasteiger partial charge in [-0.1, -0.05) is 12.1 Å². The van der Waals surface area contributed by atoms with Crippen molar-refractivity contribution in [3.63, 3.8) is 0 Å². The molecule has 0 saturated carbocycles. The van der Waals surface area contributed by atoms with Crippen molar-refractivity contribution in [2.45, 2.75) is 19.1 Å². The highest BCUT2D eigenvalue weighted by molar-refractivity contribution is 7.99. The van der Waals surface area contributed by atoms with Gasteiger partial charge in [0.2, 0.25) is 0 Å². The summed E-state index contributed by atoms with van der Waals surface area (Å²) in [5.41, 5.74) is 0.665. The smallest absolute Gasteiger partial charge is 0.163 e. The van der Waals surface area contributed by atoms with Gasteiger partial charge in [-0.05, 0) is 19.5 Å². The fraction of sp³-hybridized carbons (Fsp3) is 0.538. The van der Waals surface area contributed by atoms with Gasteiger partial charge in [0.15, 0.2) is 11.6 Å². The van der Waals surface area contributed by atoms with Crippen LogP contribution in [0.4, 0.5) is 8.78 Å². The van der Waals surface area contributed by atoms with Crippen LogP contribution in [0.5, 0.6) is 0 Å². The first-order valence-corrected chi connectivity index (χ1v) is 7.11. The Morgan fingerprint density at radius 2 is 2.17 bits per heavy atom. The fourth-order valence-corrected chi connectivity index (χ4v) is 3.04. The van der Waals surface area contributed by atoms with E-state index in [4.69, 9.17) is 4.74 Å². The number of rotatable bonds is 3. The van der Waals surface area contributed by atoms with Crippen LogP contribution in [-0.2, 0) is 4.74 Å². The molecule has 0 aromatic heterocycles. The number of hydrogen-bond acceptors (Lipinski definition) is 3. The van der Waals surface area contributed by atoms with Crippen molar-refractivity contribution in [1.82, 2.24) is 5.32 Å². The van der Waals surface area contributed by atoms with Gasteiger partial charge in [0, 0.05) is 17.1 Å². The standard InChI is InChI=1S/C13H17F2NOS/c1-8-3-4-9(12(15)11(8)14)13(16-2)10-7-18-6-5-17-10/h3-4,10,13,16H,5-7H2,1-2H3. The summed E-state index contributed by atoms with van der Waals surface area (Å²) in [5, 5.41) is 3.03. The predicted molar refractivity (Wildman–Crippen MR) is 70.0 cm³/mol. The summed E-state index contributed by atoms with van der Waals surface area (Å²) in [7, 11) is 1.74. The summed E-state index contributed by atoms with van der Waals surface area (Å²) in [6, 6.07) is 2.93. The average Bonchev–Trinajstić information content (AvgIpc) is 2.41. The zero-order chi connectivity index (χ0) is 13.1. The maximum absolute atomic E-state index is 14.0. The molecular formula is C13H17F2NOS. The molecule has 1 saturated heterocycles. The molecule has 0 aliphatic carbocycles. The Morgan fingerprint density at radius 1 is 1.39 bits per heavy atom. The van der Waals surface area contributed by atoms with Gasteiger partial charge in [0.25, 0.3) is 0 Å². The van der Waals surface area contributed by atoms with Crippen LogP contribution < -0.4 is 5.32 Å². The Balaban J connectivity index is 2.29. The van der Waals surface area contributed by atoms with Gasteiger partial charge in [-0.2, -0.15) is 11.8 Å².